The van der Waals surface area contributed by atoms with Crippen LogP contribution in [0, 0.1) is 6.92 Å². The minimum Gasteiger partial charge on any atom is -0.367 e. The predicted octanol–water partition coefficient (Wildman–Crippen LogP) is 2.19. The van der Waals surface area contributed by atoms with Crippen molar-refractivity contribution in [3.63, 3.8) is 0 Å². The van der Waals surface area contributed by atoms with E-state index in [1.54, 1.807) is 6.92 Å². The van der Waals surface area contributed by atoms with Gasteiger partial charge in [0, 0.05) is 57.0 Å². The third-order valence-corrected chi connectivity index (χ3v) is 4.74. The second-order valence-corrected chi connectivity index (χ2v) is 7.40. The van der Waals surface area contributed by atoms with Crippen molar-refractivity contribution in [2.75, 3.05) is 30.9 Å². The monoisotopic (exact) mass is 368 g/mol. The molecule has 7 heteroatoms. The van der Waals surface area contributed by atoms with Gasteiger partial charge in [0.2, 0.25) is 11.9 Å². The van der Waals surface area contributed by atoms with E-state index < -0.39 is 0 Å². The molecule has 1 aliphatic heterocycles. The van der Waals surface area contributed by atoms with Crippen LogP contribution in [0.1, 0.15) is 36.5 Å². The van der Waals surface area contributed by atoms with Crippen molar-refractivity contribution in [2.24, 2.45) is 0 Å². The lowest BCUT2D eigenvalue weighted by atomic mass is 10.0. The van der Waals surface area contributed by atoms with E-state index in [1.807, 2.05) is 43.0 Å². The third-order valence-electron chi connectivity index (χ3n) is 4.74. The number of carbonyl (C=O) groups is 1. The molecule has 0 saturated carbocycles. The van der Waals surface area contributed by atoms with Gasteiger partial charge in [0.05, 0.1) is 12.2 Å². The molecule has 1 amide bonds. The largest absolute Gasteiger partial charge is 0.367 e. The molecule has 0 bridgehead atoms. The number of carbonyl (C=O) groups excluding carboxylic acids is 1. The molecule has 0 unspecified atom stereocenters. The van der Waals surface area contributed by atoms with Gasteiger partial charge in [-0.05, 0) is 32.4 Å². The van der Waals surface area contributed by atoms with Crippen LogP contribution in [0.5, 0.6) is 0 Å². The molecule has 0 radical (unpaired) electrons. The average molecular weight is 368 g/mol. The van der Waals surface area contributed by atoms with Crippen LogP contribution in [0.15, 0.2) is 18.2 Å². The number of hydrogen-bond acceptors (Lipinski definition) is 6. The van der Waals surface area contributed by atoms with E-state index in [0.717, 1.165) is 41.3 Å². The number of pyridine rings is 1. The Morgan fingerprint density at radius 1 is 1.30 bits per heavy atom. The number of anilines is 2. The van der Waals surface area contributed by atoms with Crippen LogP contribution in [0.4, 0.5) is 11.8 Å². The fraction of sp³-hybridized carbons (Fsp3) is 0.500. The Bertz CT molecular complexity index is 835. The van der Waals surface area contributed by atoms with Crippen molar-refractivity contribution in [3.05, 3.63) is 40.8 Å². The SMILES string of the molecule is CC(=O)N1CCc2c(nc(N(C)C)nc2N[C@H](C)Cc2cccc(C)n2)C1. The van der Waals surface area contributed by atoms with Crippen LogP contribution < -0.4 is 10.2 Å². The van der Waals surface area contributed by atoms with Gasteiger partial charge in [0.25, 0.3) is 0 Å². The number of rotatable bonds is 5. The molecule has 144 valence electrons. The van der Waals surface area contributed by atoms with E-state index in [-0.39, 0.29) is 11.9 Å². The highest BCUT2D eigenvalue weighted by atomic mass is 16.2. The lowest BCUT2D eigenvalue weighted by molar-refractivity contribution is -0.129. The Labute approximate surface area is 160 Å². The van der Waals surface area contributed by atoms with Crippen LogP contribution in [0.25, 0.3) is 0 Å². The van der Waals surface area contributed by atoms with E-state index >= 15 is 0 Å². The summed E-state index contributed by atoms with van der Waals surface area (Å²) in [5, 5.41) is 3.56. The Morgan fingerprint density at radius 3 is 2.74 bits per heavy atom. The van der Waals surface area contributed by atoms with E-state index in [0.29, 0.717) is 19.0 Å². The minimum atomic E-state index is 0.0825. The number of fused-ring (bicyclic) bond motifs is 1. The Balaban J connectivity index is 1.84. The van der Waals surface area contributed by atoms with Crippen LogP contribution in [-0.4, -0.2) is 52.4 Å². The molecular formula is C20H28N6O. The van der Waals surface area contributed by atoms with Crippen molar-refractivity contribution in [3.8, 4) is 0 Å². The summed E-state index contributed by atoms with van der Waals surface area (Å²) >= 11 is 0. The molecule has 2 aromatic rings. The van der Waals surface area contributed by atoms with E-state index in [4.69, 9.17) is 4.98 Å². The lowest BCUT2D eigenvalue weighted by Gasteiger charge is -2.30. The highest BCUT2D eigenvalue weighted by Crippen LogP contribution is 2.26. The first kappa shape index (κ1) is 19.1. The Kier molecular flexibility index (Phi) is 5.58. The van der Waals surface area contributed by atoms with Crippen LogP contribution in [-0.2, 0) is 24.2 Å². The maximum absolute atomic E-state index is 11.8. The molecule has 1 atom stereocenters. The first-order valence-corrected chi connectivity index (χ1v) is 9.35. The zero-order chi connectivity index (χ0) is 19.6. The average Bonchev–Trinajstić information content (AvgIpc) is 2.60. The maximum Gasteiger partial charge on any atom is 0.227 e. The summed E-state index contributed by atoms with van der Waals surface area (Å²) in [6.45, 7) is 6.99. The summed E-state index contributed by atoms with van der Waals surface area (Å²) in [4.78, 5) is 29.5. The molecular weight excluding hydrogens is 340 g/mol. The zero-order valence-electron chi connectivity index (χ0n) is 16.8. The molecule has 0 fully saturated rings. The van der Waals surface area contributed by atoms with Crippen molar-refractivity contribution in [1.29, 1.82) is 0 Å². The summed E-state index contributed by atoms with van der Waals surface area (Å²) in [6, 6.07) is 6.28. The molecule has 0 aromatic carbocycles. The molecule has 27 heavy (non-hydrogen) atoms. The van der Waals surface area contributed by atoms with E-state index in [2.05, 4.69) is 28.3 Å². The Morgan fingerprint density at radius 2 is 2.07 bits per heavy atom. The Hall–Kier alpha value is -2.70. The van der Waals surface area contributed by atoms with Crippen molar-refractivity contribution < 1.29 is 4.79 Å². The fourth-order valence-electron chi connectivity index (χ4n) is 3.32. The first-order valence-electron chi connectivity index (χ1n) is 9.35. The third kappa shape index (κ3) is 4.53. The van der Waals surface area contributed by atoms with Gasteiger partial charge in [-0.2, -0.15) is 4.98 Å². The standard InChI is InChI=1S/C20H28N6O/c1-13-7-6-8-16(21-13)11-14(2)22-19-17-9-10-26(15(3)27)12-18(17)23-20(24-19)25(4)5/h6-8,14H,9-12H2,1-5H3,(H,22,23,24)/t14-/m1/s1. The molecule has 0 aliphatic carbocycles. The predicted molar refractivity (Wildman–Crippen MR) is 107 cm³/mol. The second kappa shape index (κ2) is 7.90. The molecule has 3 rings (SSSR count). The zero-order valence-corrected chi connectivity index (χ0v) is 16.8. The van der Waals surface area contributed by atoms with Gasteiger partial charge in [-0.15, -0.1) is 0 Å². The van der Waals surface area contributed by atoms with Crippen molar-refractivity contribution >= 4 is 17.7 Å². The van der Waals surface area contributed by atoms with Crippen LogP contribution >= 0.6 is 0 Å². The quantitative estimate of drug-likeness (QED) is 0.872. The highest BCUT2D eigenvalue weighted by Gasteiger charge is 2.24. The maximum atomic E-state index is 11.8. The van der Waals surface area contributed by atoms with E-state index in [9.17, 15) is 4.79 Å². The second-order valence-electron chi connectivity index (χ2n) is 7.40. The van der Waals surface area contributed by atoms with Gasteiger partial charge < -0.3 is 15.1 Å². The van der Waals surface area contributed by atoms with Crippen LogP contribution in [0.2, 0.25) is 0 Å². The number of nitrogens with zero attached hydrogens (tertiary/aromatic N) is 5. The van der Waals surface area contributed by atoms with Gasteiger partial charge >= 0.3 is 0 Å². The van der Waals surface area contributed by atoms with Gasteiger partial charge in [0.1, 0.15) is 5.82 Å². The molecule has 1 N–H and O–H groups in total. The smallest absolute Gasteiger partial charge is 0.227 e. The first-order chi connectivity index (χ1) is 12.8. The number of aromatic nitrogens is 3. The summed E-state index contributed by atoms with van der Waals surface area (Å²) in [5.41, 5.74) is 4.13. The van der Waals surface area contributed by atoms with Gasteiger partial charge in [0.15, 0.2) is 0 Å². The van der Waals surface area contributed by atoms with Gasteiger partial charge in [-0.3, -0.25) is 9.78 Å². The lowest BCUT2D eigenvalue weighted by Crippen LogP contribution is -2.36. The van der Waals surface area contributed by atoms with Gasteiger partial charge in [-0.25, -0.2) is 4.98 Å². The molecule has 1 aliphatic rings. The molecule has 0 spiro atoms. The van der Waals surface area contributed by atoms with Crippen LogP contribution in [0.3, 0.4) is 0 Å². The normalized spacial score (nSPS) is 14.5. The summed E-state index contributed by atoms with van der Waals surface area (Å²) in [7, 11) is 3.86. The molecule has 7 nitrogen and oxygen atoms in total. The number of hydrogen-bond donors (Lipinski definition) is 1. The minimum absolute atomic E-state index is 0.0825. The highest BCUT2D eigenvalue weighted by molar-refractivity contribution is 5.73. The molecule has 3 heterocycles. The summed E-state index contributed by atoms with van der Waals surface area (Å²) in [5.74, 6) is 1.61. The van der Waals surface area contributed by atoms with Crippen molar-refractivity contribution in [2.45, 2.75) is 46.2 Å². The fourth-order valence-corrected chi connectivity index (χ4v) is 3.32. The van der Waals surface area contributed by atoms with E-state index in [1.165, 1.54) is 0 Å². The topological polar surface area (TPSA) is 74.2 Å². The molecule has 2 aromatic heterocycles. The van der Waals surface area contributed by atoms with Gasteiger partial charge in [-0.1, -0.05) is 6.07 Å². The number of aryl methyl sites for hydroxylation is 1. The number of nitrogens with one attached hydrogen (secondary N) is 1. The molecule has 0 saturated heterocycles. The van der Waals surface area contributed by atoms with Crippen molar-refractivity contribution in [1.82, 2.24) is 19.9 Å². The number of amides is 1. The summed E-state index contributed by atoms with van der Waals surface area (Å²) in [6.07, 6.45) is 1.58. The summed E-state index contributed by atoms with van der Waals surface area (Å²) < 4.78 is 0.